The Balaban J connectivity index is 2.05. The number of sulfonamides is 1. The topological polar surface area (TPSA) is 113 Å². The maximum atomic E-state index is 12.3. The van der Waals surface area contributed by atoms with Gasteiger partial charge in [0.1, 0.15) is 6.54 Å². The van der Waals surface area contributed by atoms with E-state index in [2.05, 4.69) is 10.0 Å². The Bertz CT molecular complexity index is 710. The van der Waals surface area contributed by atoms with Crippen LogP contribution in [0.1, 0.15) is 29.6 Å². The highest BCUT2D eigenvalue weighted by Crippen LogP contribution is 2.15. The first-order valence-corrected chi connectivity index (χ1v) is 8.66. The van der Waals surface area contributed by atoms with Crippen LogP contribution in [0.25, 0.3) is 0 Å². The second kappa shape index (κ2) is 7.38. The first kappa shape index (κ1) is 17.2. The van der Waals surface area contributed by atoms with E-state index < -0.39 is 28.4 Å². The van der Waals surface area contributed by atoms with Crippen LogP contribution in [-0.2, 0) is 14.8 Å². The van der Waals surface area contributed by atoms with Crippen molar-refractivity contribution in [1.29, 1.82) is 0 Å². The van der Waals surface area contributed by atoms with E-state index in [0.29, 0.717) is 0 Å². The zero-order valence-electron chi connectivity index (χ0n) is 12.4. The Morgan fingerprint density at radius 2 is 1.91 bits per heavy atom. The highest BCUT2D eigenvalue weighted by atomic mass is 32.2. The predicted octanol–water partition coefficient (Wildman–Crippen LogP) is 0.888. The highest BCUT2D eigenvalue weighted by Gasteiger charge is 2.20. The second-order valence-corrected chi connectivity index (χ2v) is 6.90. The summed E-state index contributed by atoms with van der Waals surface area (Å²) in [6, 6.07) is 5.13. The number of hydrogen-bond acceptors (Lipinski definition) is 4. The number of benzene rings is 1. The molecule has 0 aromatic heterocycles. The molecule has 0 bridgehead atoms. The van der Waals surface area contributed by atoms with Gasteiger partial charge in [0, 0.05) is 11.6 Å². The minimum Gasteiger partial charge on any atom is -0.480 e. The van der Waals surface area contributed by atoms with Crippen LogP contribution < -0.4 is 10.0 Å². The summed E-state index contributed by atoms with van der Waals surface area (Å²) in [6.07, 6.45) is 6.44. The average Bonchev–Trinajstić information content (AvgIpc) is 2.53. The van der Waals surface area contributed by atoms with Gasteiger partial charge in [-0.15, -0.1) is 0 Å². The third kappa shape index (κ3) is 4.90. The van der Waals surface area contributed by atoms with Crippen molar-refractivity contribution in [2.24, 2.45) is 0 Å². The number of allylic oxidation sites excluding steroid dienone is 1. The van der Waals surface area contributed by atoms with E-state index in [9.17, 15) is 18.0 Å². The standard InChI is InChI=1S/C15H18N2O5S/c18-14(19)10-16-15(20)11-6-8-13(9-7-11)23(21,22)17-12-4-2-1-3-5-12/h2,4,6-9,12,17H,1,3,5,10H2,(H,16,20)(H,18,19). The molecule has 1 aromatic carbocycles. The Morgan fingerprint density at radius 1 is 1.22 bits per heavy atom. The molecule has 2 rings (SSSR count). The molecule has 0 saturated heterocycles. The molecule has 124 valence electrons. The minimum absolute atomic E-state index is 0.0614. The molecule has 3 N–H and O–H groups in total. The number of carbonyl (C=O) groups excluding carboxylic acids is 1. The summed E-state index contributed by atoms with van der Waals surface area (Å²) < 4.78 is 27.2. The van der Waals surface area contributed by atoms with E-state index in [0.717, 1.165) is 19.3 Å². The molecule has 0 saturated carbocycles. The van der Waals surface area contributed by atoms with Gasteiger partial charge in [0.15, 0.2) is 0 Å². The van der Waals surface area contributed by atoms with Gasteiger partial charge < -0.3 is 10.4 Å². The number of aliphatic carboxylic acids is 1. The predicted molar refractivity (Wildman–Crippen MR) is 83.5 cm³/mol. The van der Waals surface area contributed by atoms with Crippen LogP contribution in [0.3, 0.4) is 0 Å². The van der Waals surface area contributed by atoms with Gasteiger partial charge in [0.2, 0.25) is 10.0 Å². The fourth-order valence-corrected chi connectivity index (χ4v) is 3.45. The summed E-state index contributed by atoms with van der Waals surface area (Å²) in [6.45, 7) is -0.492. The molecule has 1 amide bonds. The summed E-state index contributed by atoms with van der Waals surface area (Å²) in [5.74, 6) is -1.72. The van der Waals surface area contributed by atoms with Crippen LogP contribution in [0, 0.1) is 0 Å². The SMILES string of the molecule is O=C(O)CNC(=O)c1ccc(S(=O)(=O)NC2C=CCCC2)cc1. The van der Waals surface area contributed by atoms with E-state index >= 15 is 0 Å². The van der Waals surface area contributed by atoms with Crippen LogP contribution >= 0.6 is 0 Å². The van der Waals surface area contributed by atoms with Crippen LogP contribution in [0.5, 0.6) is 0 Å². The van der Waals surface area contributed by atoms with Crippen molar-refractivity contribution < 1.29 is 23.1 Å². The number of rotatable bonds is 6. The molecule has 1 atom stereocenters. The highest BCUT2D eigenvalue weighted by molar-refractivity contribution is 7.89. The second-order valence-electron chi connectivity index (χ2n) is 5.19. The van der Waals surface area contributed by atoms with Gasteiger partial charge in [-0.1, -0.05) is 12.2 Å². The van der Waals surface area contributed by atoms with Gasteiger partial charge in [-0.3, -0.25) is 9.59 Å². The number of carbonyl (C=O) groups is 2. The number of nitrogens with one attached hydrogen (secondary N) is 2. The lowest BCUT2D eigenvalue weighted by Gasteiger charge is -2.18. The third-order valence-electron chi connectivity index (χ3n) is 3.39. The molecule has 0 fully saturated rings. The normalized spacial score (nSPS) is 17.7. The van der Waals surface area contributed by atoms with Gasteiger partial charge in [0.25, 0.3) is 5.91 Å². The Morgan fingerprint density at radius 3 is 2.48 bits per heavy atom. The van der Waals surface area contributed by atoms with E-state index in [1.807, 2.05) is 12.2 Å². The summed E-state index contributed by atoms with van der Waals surface area (Å²) in [5.41, 5.74) is 0.197. The van der Waals surface area contributed by atoms with Gasteiger partial charge in [0.05, 0.1) is 4.90 Å². The molecule has 1 aliphatic carbocycles. The van der Waals surface area contributed by atoms with Crippen LogP contribution in [0.2, 0.25) is 0 Å². The van der Waals surface area contributed by atoms with Crippen molar-refractivity contribution in [2.45, 2.75) is 30.2 Å². The first-order chi connectivity index (χ1) is 10.9. The molecule has 8 heteroatoms. The van der Waals surface area contributed by atoms with E-state index in [1.165, 1.54) is 24.3 Å². The maximum absolute atomic E-state index is 12.3. The molecular weight excluding hydrogens is 320 g/mol. The molecule has 1 aliphatic rings. The fourth-order valence-electron chi connectivity index (χ4n) is 2.22. The average molecular weight is 338 g/mol. The molecule has 0 spiro atoms. The van der Waals surface area contributed by atoms with Crippen LogP contribution in [-0.4, -0.2) is 38.0 Å². The molecule has 0 heterocycles. The zero-order chi connectivity index (χ0) is 16.9. The quantitative estimate of drug-likeness (QED) is 0.667. The largest absolute Gasteiger partial charge is 0.480 e. The Hall–Kier alpha value is -2.19. The number of amides is 1. The Labute approximate surface area is 134 Å². The molecule has 7 nitrogen and oxygen atoms in total. The monoisotopic (exact) mass is 338 g/mol. The molecule has 0 radical (unpaired) electrons. The molecule has 1 aromatic rings. The summed E-state index contributed by atoms with van der Waals surface area (Å²) in [4.78, 5) is 22.1. The van der Waals surface area contributed by atoms with Crippen molar-refractivity contribution in [2.75, 3.05) is 6.54 Å². The summed E-state index contributed by atoms with van der Waals surface area (Å²) in [7, 11) is -3.66. The third-order valence-corrected chi connectivity index (χ3v) is 4.89. The van der Waals surface area contributed by atoms with E-state index in [-0.39, 0.29) is 16.5 Å². The summed E-state index contributed by atoms with van der Waals surface area (Å²) in [5, 5.41) is 10.7. The zero-order valence-corrected chi connectivity index (χ0v) is 13.2. The smallest absolute Gasteiger partial charge is 0.322 e. The Kier molecular flexibility index (Phi) is 5.51. The van der Waals surface area contributed by atoms with Crippen LogP contribution in [0.15, 0.2) is 41.3 Å². The van der Waals surface area contributed by atoms with Gasteiger partial charge in [-0.05, 0) is 43.5 Å². The van der Waals surface area contributed by atoms with Gasteiger partial charge in [-0.25, -0.2) is 13.1 Å². The maximum Gasteiger partial charge on any atom is 0.322 e. The van der Waals surface area contributed by atoms with E-state index in [4.69, 9.17) is 5.11 Å². The summed E-state index contributed by atoms with van der Waals surface area (Å²) >= 11 is 0. The van der Waals surface area contributed by atoms with Gasteiger partial charge >= 0.3 is 5.97 Å². The molecular formula is C15H18N2O5S. The van der Waals surface area contributed by atoms with Crippen molar-refractivity contribution in [3.05, 3.63) is 42.0 Å². The van der Waals surface area contributed by atoms with Gasteiger partial charge in [-0.2, -0.15) is 0 Å². The molecule has 1 unspecified atom stereocenters. The lowest BCUT2D eigenvalue weighted by Crippen LogP contribution is -2.34. The van der Waals surface area contributed by atoms with E-state index in [1.54, 1.807) is 0 Å². The molecule has 23 heavy (non-hydrogen) atoms. The number of hydrogen-bond donors (Lipinski definition) is 3. The van der Waals surface area contributed by atoms with Crippen molar-refractivity contribution in [3.63, 3.8) is 0 Å². The minimum atomic E-state index is -3.66. The fraction of sp³-hybridized carbons (Fsp3) is 0.333. The lowest BCUT2D eigenvalue weighted by molar-refractivity contribution is -0.135. The number of carboxylic acid groups (broad SMARTS) is 1. The molecule has 0 aliphatic heterocycles. The van der Waals surface area contributed by atoms with Crippen molar-refractivity contribution in [3.8, 4) is 0 Å². The lowest BCUT2D eigenvalue weighted by atomic mass is 10.0. The van der Waals surface area contributed by atoms with Crippen molar-refractivity contribution >= 4 is 21.9 Å². The van der Waals surface area contributed by atoms with Crippen molar-refractivity contribution in [1.82, 2.24) is 10.0 Å². The van der Waals surface area contributed by atoms with Crippen LogP contribution in [0.4, 0.5) is 0 Å². The first-order valence-electron chi connectivity index (χ1n) is 7.17. The number of carboxylic acids is 1.